The molecule has 0 amide bonds. The van der Waals surface area contributed by atoms with Crippen molar-refractivity contribution in [2.45, 2.75) is 0 Å². The number of benzene rings is 9. The largest absolute Gasteiger partial charge is 0.310 e. The van der Waals surface area contributed by atoms with Gasteiger partial charge in [-0.25, -0.2) is 0 Å². The molecule has 0 saturated carbocycles. The molecule has 0 spiro atoms. The Labute approximate surface area is 320 Å². The van der Waals surface area contributed by atoms with E-state index < -0.39 is 118 Å². The van der Waals surface area contributed by atoms with Crippen molar-refractivity contribution in [3.8, 4) is 44.5 Å². The van der Waals surface area contributed by atoms with Gasteiger partial charge in [0, 0.05) is 16.8 Å². The Bertz CT molecular complexity index is 3430. The van der Waals surface area contributed by atoms with Gasteiger partial charge >= 0.3 is 0 Å². The normalized spacial score (nSPS) is 15.3. The van der Waals surface area contributed by atoms with Gasteiger partial charge in [0.1, 0.15) is 0 Å². The van der Waals surface area contributed by atoms with Crippen molar-refractivity contribution in [2.24, 2.45) is 0 Å². The molecule has 0 N–H and O–H groups in total. The van der Waals surface area contributed by atoms with Crippen LogP contribution in [0.2, 0.25) is 0 Å². The molecule has 0 aliphatic rings. The van der Waals surface area contributed by atoms with E-state index in [0.29, 0.717) is 11.1 Å². The van der Waals surface area contributed by atoms with E-state index in [-0.39, 0.29) is 11.1 Å². The molecule has 0 aromatic heterocycles. The summed E-state index contributed by atoms with van der Waals surface area (Å²) in [6.07, 6.45) is 0. The third-order valence-corrected chi connectivity index (χ3v) is 8.70. The average molecular weight is 665 g/mol. The molecule has 0 atom stereocenters. The molecule has 0 heterocycles. The summed E-state index contributed by atoms with van der Waals surface area (Å²) in [6, 6.07) is 25.9. The molecule has 240 valence electrons. The first-order valence-corrected chi connectivity index (χ1v) is 16.3. The first kappa shape index (κ1) is 18.3. The van der Waals surface area contributed by atoms with Gasteiger partial charge in [-0.05, 0) is 103 Å². The van der Waals surface area contributed by atoms with Crippen molar-refractivity contribution >= 4 is 38.6 Å². The summed E-state index contributed by atoms with van der Waals surface area (Å²) >= 11 is 0. The van der Waals surface area contributed by atoms with Crippen LogP contribution >= 0.6 is 0 Å². The zero-order chi connectivity index (χ0) is 47.0. The van der Waals surface area contributed by atoms with Crippen molar-refractivity contribution in [1.82, 2.24) is 0 Å². The highest BCUT2D eigenvalue weighted by Gasteiger charge is 2.16. The van der Waals surface area contributed by atoms with Crippen LogP contribution in [0.5, 0.6) is 0 Å². The van der Waals surface area contributed by atoms with E-state index in [2.05, 4.69) is 0 Å². The number of nitrogens with zero attached hydrogens (tertiary/aromatic N) is 1. The third kappa shape index (κ3) is 5.96. The maximum Gasteiger partial charge on any atom is 0.0645 e. The van der Waals surface area contributed by atoms with E-state index >= 15 is 0 Å². The van der Waals surface area contributed by atoms with Gasteiger partial charge in [0.2, 0.25) is 0 Å². The highest BCUT2D eigenvalue weighted by Crippen LogP contribution is 2.41. The van der Waals surface area contributed by atoms with Crippen LogP contribution in [0.25, 0.3) is 66.1 Å². The molecule has 0 aliphatic carbocycles. The zero-order valence-corrected chi connectivity index (χ0v) is 27.0. The van der Waals surface area contributed by atoms with Crippen LogP contribution in [0, 0.1) is 0 Å². The second-order valence-corrected chi connectivity index (χ2v) is 11.8. The Morgan fingerprint density at radius 3 is 1.59 bits per heavy atom. The standard InChI is InChI=1S/C50H35N/c1-2-12-36(13-3-1)41-18-8-19-42(34-41)37-26-30-45(31-27-37)51(50-25-11-17-40-15-5-7-23-49(40)50)46-32-28-38(29-33-46)43-20-9-21-44(35-43)48-24-10-16-39-14-4-6-22-47(39)48/h1-35H/i5D,7D,11D,15D,17D,23D,25D,26D,27D,28D,29D,30D,31D,32D,33D. The van der Waals surface area contributed by atoms with Crippen LogP contribution in [0.15, 0.2) is 212 Å². The number of fused-ring (bicyclic) bond motifs is 2. The highest BCUT2D eigenvalue weighted by molar-refractivity contribution is 6.00. The molecule has 0 fully saturated rings. The second-order valence-electron chi connectivity index (χ2n) is 11.8. The van der Waals surface area contributed by atoms with E-state index in [1.807, 2.05) is 84.9 Å². The fourth-order valence-corrected chi connectivity index (χ4v) is 6.23. The van der Waals surface area contributed by atoms with E-state index in [4.69, 9.17) is 8.22 Å². The Kier molecular flexibility index (Phi) is 4.79. The number of rotatable bonds is 7. The van der Waals surface area contributed by atoms with Crippen LogP contribution in [-0.4, -0.2) is 0 Å². The van der Waals surface area contributed by atoms with Gasteiger partial charge in [-0.15, -0.1) is 0 Å². The van der Waals surface area contributed by atoms with Crippen molar-refractivity contribution in [1.29, 1.82) is 0 Å². The van der Waals surface area contributed by atoms with Crippen LogP contribution in [0.1, 0.15) is 20.6 Å². The van der Waals surface area contributed by atoms with Gasteiger partial charge in [0.05, 0.1) is 26.2 Å². The molecule has 0 bridgehead atoms. The molecule has 0 aliphatic heterocycles. The predicted octanol–water partition coefficient (Wildman–Crippen LogP) is 14.1. The van der Waals surface area contributed by atoms with Gasteiger partial charge in [-0.1, -0.05) is 170 Å². The van der Waals surface area contributed by atoms with E-state index in [1.165, 1.54) is 0 Å². The summed E-state index contributed by atoms with van der Waals surface area (Å²) in [7, 11) is 0. The summed E-state index contributed by atoms with van der Waals surface area (Å²) in [6.45, 7) is 0. The molecule has 9 rings (SSSR count). The molecule has 1 nitrogen and oxygen atoms in total. The SMILES string of the molecule is [2H]c1c([2H])c(N(c2c([2H])c([2H])c(-c3cccc(-c4cccc5ccccc45)c3)c([2H])c2[2H])c2c([2H])c([2H])c([2H])c3c([2H])c([2H])c([2H])c([2H])c23)c([2H])c([2H])c1-c1cccc(-c2ccccc2)c1. The van der Waals surface area contributed by atoms with Gasteiger partial charge in [0.15, 0.2) is 0 Å². The van der Waals surface area contributed by atoms with E-state index in [1.54, 1.807) is 36.4 Å². The minimum absolute atomic E-state index is 0.118. The van der Waals surface area contributed by atoms with E-state index in [0.717, 1.165) is 37.9 Å². The first-order chi connectivity index (χ1) is 31.5. The molecular formula is C50H35N. The number of hydrogen-bond donors (Lipinski definition) is 0. The minimum atomic E-state index is -0.863. The minimum Gasteiger partial charge on any atom is -0.310 e. The van der Waals surface area contributed by atoms with E-state index in [9.17, 15) is 12.3 Å². The smallest absolute Gasteiger partial charge is 0.0645 e. The molecule has 9 aromatic rings. The molecule has 51 heavy (non-hydrogen) atoms. The van der Waals surface area contributed by atoms with Crippen molar-refractivity contribution in [2.75, 3.05) is 4.90 Å². The lowest BCUT2D eigenvalue weighted by Crippen LogP contribution is -2.10. The summed E-state index contributed by atoms with van der Waals surface area (Å²) in [5, 5.41) is 0.884. The Morgan fingerprint density at radius 1 is 0.333 bits per heavy atom. The lowest BCUT2D eigenvalue weighted by Gasteiger charge is -2.27. The first-order valence-electron chi connectivity index (χ1n) is 23.8. The Hall–Kier alpha value is -6.70. The summed E-state index contributed by atoms with van der Waals surface area (Å²) in [5.41, 5.74) is 1.50. The lowest BCUT2D eigenvalue weighted by atomic mass is 9.95. The second kappa shape index (κ2) is 13.3. The van der Waals surface area contributed by atoms with Crippen LogP contribution in [-0.2, 0) is 0 Å². The van der Waals surface area contributed by atoms with Crippen LogP contribution < -0.4 is 4.90 Å². The molecular weight excluding hydrogens is 615 g/mol. The fraction of sp³-hybridized carbons (Fsp3) is 0. The van der Waals surface area contributed by atoms with Crippen molar-refractivity contribution in [3.63, 3.8) is 0 Å². The molecule has 0 saturated heterocycles. The monoisotopic (exact) mass is 664 g/mol. The maximum absolute atomic E-state index is 9.61. The average Bonchev–Trinajstić information content (AvgIpc) is 3.33. The van der Waals surface area contributed by atoms with Crippen molar-refractivity contribution < 1.29 is 20.6 Å². The predicted molar refractivity (Wildman–Crippen MR) is 218 cm³/mol. The number of anilines is 3. The number of hydrogen-bond acceptors (Lipinski definition) is 1. The van der Waals surface area contributed by atoms with Gasteiger partial charge < -0.3 is 4.90 Å². The summed E-state index contributed by atoms with van der Waals surface area (Å²) < 4.78 is 138. The third-order valence-electron chi connectivity index (χ3n) is 8.70. The molecule has 9 aromatic carbocycles. The fourth-order valence-electron chi connectivity index (χ4n) is 6.23. The zero-order valence-electron chi connectivity index (χ0n) is 42.0. The molecule has 0 unspecified atom stereocenters. The summed E-state index contributed by atoms with van der Waals surface area (Å²) in [4.78, 5) is 0.769. The quantitative estimate of drug-likeness (QED) is 0.164. The van der Waals surface area contributed by atoms with Crippen LogP contribution in [0.4, 0.5) is 17.1 Å². The van der Waals surface area contributed by atoms with Gasteiger partial charge in [-0.3, -0.25) is 0 Å². The Balaban J connectivity index is 1.35. The molecule has 0 radical (unpaired) electrons. The lowest BCUT2D eigenvalue weighted by molar-refractivity contribution is 1.30. The Morgan fingerprint density at radius 2 is 0.863 bits per heavy atom. The maximum atomic E-state index is 9.61. The van der Waals surface area contributed by atoms with Crippen LogP contribution in [0.3, 0.4) is 0 Å². The van der Waals surface area contributed by atoms with Gasteiger partial charge in [-0.2, -0.15) is 0 Å². The highest BCUT2D eigenvalue weighted by atomic mass is 15.1. The summed E-state index contributed by atoms with van der Waals surface area (Å²) in [5.74, 6) is 0. The topological polar surface area (TPSA) is 3.24 Å². The molecule has 1 heteroatoms. The van der Waals surface area contributed by atoms with Gasteiger partial charge in [0.25, 0.3) is 0 Å². The van der Waals surface area contributed by atoms with Crippen molar-refractivity contribution in [3.05, 3.63) is 212 Å².